The summed E-state index contributed by atoms with van der Waals surface area (Å²) in [5, 5.41) is 0. The highest BCUT2D eigenvalue weighted by atomic mass is 14.2. The van der Waals surface area contributed by atoms with E-state index in [1.807, 2.05) is 0 Å². The molecule has 1 rings (SSSR count). The SMILES string of the molecule is CCC1CCCCCCC(C)C1. The fourth-order valence-corrected chi connectivity index (χ4v) is 2.45. The average molecular weight is 168 g/mol. The predicted octanol–water partition coefficient (Wildman–Crippen LogP) is 4.39. The van der Waals surface area contributed by atoms with Crippen LogP contribution in [0.1, 0.15) is 65.2 Å². The minimum atomic E-state index is 0.994. The molecule has 0 N–H and O–H groups in total. The molecule has 0 bridgehead atoms. The summed E-state index contributed by atoms with van der Waals surface area (Å²) in [6.07, 6.45) is 11.8. The Morgan fingerprint density at radius 1 is 1.00 bits per heavy atom. The first-order valence-corrected chi connectivity index (χ1v) is 5.83. The van der Waals surface area contributed by atoms with Crippen LogP contribution in [0, 0.1) is 11.8 Å². The van der Waals surface area contributed by atoms with Gasteiger partial charge in [0.2, 0.25) is 0 Å². The number of hydrogen-bond donors (Lipinski definition) is 0. The minimum Gasteiger partial charge on any atom is -0.0651 e. The van der Waals surface area contributed by atoms with Crippen molar-refractivity contribution < 1.29 is 0 Å². The number of hydrogen-bond acceptors (Lipinski definition) is 0. The van der Waals surface area contributed by atoms with Gasteiger partial charge in [-0.15, -0.1) is 0 Å². The predicted molar refractivity (Wildman–Crippen MR) is 55.3 cm³/mol. The summed E-state index contributed by atoms with van der Waals surface area (Å²) in [7, 11) is 0. The van der Waals surface area contributed by atoms with Crippen LogP contribution in [0.25, 0.3) is 0 Å². The van der Waals surface area contributed by atoms with E-state index in [0.717, 1.165) is 11.8 Å². The van der Waals surface area contributed by atoms with E-state index in [9.17, 15) is 0 Å². The topological polar surface area (TPSA) is 0 Å². The highest BCUT2D eigenvalue weighted by molar-refractivity contribution is 4.65. The Morgan fingerprint density at radius 3 is 2.33 bits per heavy atom. The largest absolute Gasteiger partial charge is 0.0651 e. The van der Waals surface area contributed by atoms with Gasteiger partial charge in [-0.3, -0.25) is 0 Å². The lowest BCUT2D eigenvalue weighted by Gasteiger charge is -2.17. The molecule has 0 radical (unpaired) electrons. The molecule has 2 unspecified atom stereocenters. The van der Waals surface area contributed by atoms with Crippen molar-refractivity contribution in [2.75, 3.05) is 0 Å². The summed E-state index contributed by atoms with van der Waals surface area (Å²) in [5.74, 6) is 2.03. The maximum Gasteiger partial charge on any atom is -0.0414 e. The van der Waals surface area contributed by atoms with E-state index in [0.29, 0.717) is 0 Å². The molecule has 1 saturated carbocycles. The summed E-state index contributed by atoms with van der Waals surface area (Å²) < 4.78 is 0. The monoisotopic (exact) mass is 168 g/mol. The van der Waals surface area contributed by atoms with E-state index >= 15 is 0 Å². The minimum absolute atomic E-state index is 0.994. The number of rotatable bonds is 1. The van der Waals surface area contributed by atoms with E-state index < -0.39 is 0 Å². The van der Waals surface area contributed by atoms with Crippen LogP contribution >= 0.6 is 0 Å². The van der Waals surface area contributed by atoms with Gasteiger partial charge in [0.1, 0.15) is 0 Å². The lowest BCUT2D eigenvalue weighted by molar-refractivity contribution is 0.351. The Labute approximate surface area is 77.7 Å². The van der Waals surface area contributed by atoms with Crippen molar-refractivity contribution in [2.45, 2.75) is 65.2 Å². The highest BCUT2D eigenvalue weighted by Crippen LogP contribution is 2.27. The summed E-state index contributed by atoms with van der Waals surface area (Å²) >= 11 is 0. The van der Waals surface area contributed by atoms with Crippen molar-refractivity contribution in [1.29, 1.82) is 0 Å². The second kappa shape index (κ2) is 5.61. The van der Waals surface area contributed by atoms with Crippen molar-refractivity contribution >= 4 is 0 Å². The molecule has 0 heterocycles. The molecule has 12 heavy (non-hydrogen) atoms. The van der Waals surface area contributed by atoms with Crippen LogP contribution in [0.15, 0.2) is 0 Å². The molecule has 1 aliphatic carbocycles. The highest BCUT2D eigenvalue weighted by Gasteiger charge is 2.12. The maximum atomic E-state index is 2.44. The summed E-state index contributed by atoms with van der Waals surface area (Å²) in [5.41, 5.74) is 0. The standard InChI is InChI=1S/C12H24/c1-3-12-9-7-5-4-6-8-11(2)10-12/h11-12H,3-10H2,1-2H3. The van der Waals surface area contributed by atoms with Crippen molar-refractivity contribution in [3.8, 4) is 0 Å². The van der Waals surface area contributed by atoms with Gasteiger partial charge in [-0.2, -0.15) is 0 Å². The molecule has 0 spiro atoms. The zero-order valence-electron chi connectivity index (χ0n) is 8.81. The molecular formula is C12H24. The first kappa shape index (κ1) is 10.1. The Bertz CT molecular complexity index is 107. The van der Waals surface area contributed by atoms with E-state index in [1.54, 1.807) is 0 Å². The van der Waals surface area contributed by atoms with Gasteiger partial charge in [0, 0.05) is 0 Å². The van der Waals surface area contributed by atoms with E-state index in [4.69, 9.17) is 0 Å². The van der Waals surface area contributed by atoms with E-state index in [-0.39, 0.29) is 0 Å². The lowest BCUT2D eigenvalue weighted by atomic mass is 9.89. The van der Waals surface area contributed by atoms with Crippen LogP contribution in [0.4, 0.5) is 0 Å². The quantitative estimate of drug-likeness (QED) is 0.544. The normalized spacial score (nSPS) is 33.5. The fraction of sp³-hybridized carbons (Fsp3) is 1.00. The van der Waals surface area contributed by atoms with Crippen LogP contribution in [0.5, 0.6) is 0 Å². The van der Waals surface area contributed by atoms with Crippen LogP contribution in [-0.2, 0) is 0 Å². The van der Waals surface area contributed by atoms with Crippen molar-refractivity contribution in [2.24, 2.45) is 11.8 Å². The van der Waals surface area contributed by atoms with Gasteiger partial charge in [0.15, 0.2) is 0 Å². The van der Waals surface area contributed by atoms with Crippen LogP contribution in [0.2, 0.25) is 0 Å². The van der Waals surface area contributed by atoms with Gasteiger partial charge in [0.25, 0.3) is 0 Å². The smallest absolute Gasteiger partial charge is 0.0414 e. The van der Waals surface area contributed by atoms with Crippen molar-refractivity contribution in [1.82, 2.24) is 0 Å². The van der Waals surface area contributed by atoms with Gasteiger partial charge in [-0.1, -0.05) is 58.8 Å². The van der Waals surface area contributed by atoms with Gasteiger partial charge in [-0.25, -0.2) is 0 Å². The van der Waals surface area contributed by atoms with Gasteiger partial charge < -0.3 is 0 Å². The Kier molecular flexibility index (Phi) is 4.72. The van der Waals surface area contributed by atoms with Gasteiger partial charge in [-0.05, 0) is 18.3 Å². The molecule has 0 aromatic heterocycles. The molecule has 2 atom stereocenters. The Hall–Kier alpha value is 0. The molecule has 72 valence electrons. The Balaban J connectivity index is 2.32. The van der Waals surface area contributed by atoms with Gasteiger partial charge in [0.05, 0.1) is 0 Å². The van der Waals surface area contributed by atoms with Crippen LogP contribution in [0.3, 0.4) is 0 Å². The average Bonchev–Trinajstić information content (AvgIpc) is 2.16. The molecule has 1 aliphatic rings. The molecular weight excluding hydrogens is 144 g/mol. The first-order valence-electron chi connectivity index (χ1n) is 5.83. The third kappa shape index (κ3) is 3.60. The van der Waals surface area contributed by atoms with Crippen molar-refractivity contribution in [3.05, 3.63) is 0 Å². The third-order valence-electron chi connectivity index (χ3n) is 3.37. The van der Waals surface area contributed by atoms with E-state index in [2.05, 4.69) is 13.8 Å². The first-order chi connectivity index (χ1) is 5.83. The molecule has 0 aromatic rings. The zero-order valence-corrected chi connectivity index (χ0v) is 8.81. The molecule has 0 heteroatoms. The molecule has 0 amide bonds. The molecule has 0 aliphatic heterocycles. The summed E-state index contributed by atoms with van der Waals surface area (Å²) in [4.78, 5) is 0. The summed E-state index contributed by atoms with van der Waals surface area (Å²) in [6, 6.07) is 0. The van der Waals surface area contributed by atoms with E-state index in [1.165, 1.54) is 51.4 Å². The molecule has 1 fully saturated rings. The van der Waals surface area contributed by atoms with Crippen LogP contribution in [-0.4, -0.2) is 0 Å². The molecule has 0 aromatic carbocycles. The maximum absolute atomic E-state index is 2.44. The fourth-order valence-electron chi connectivity index (χ4n) is 2.45. The third-order valence-corrected chi connectivity index (χ3v) is 3.37. The Morgan fingerprint density at radius 2 is 1.67 bits per heavy atom. The van der Waals surface area contributed by atoms with Crippen molar-refractivity contribution in [3.63, 3.8) is 0 Å². The van der Waals surface area contributed by atoms with Crippen LogP contribution < -0.4 is 0 Å². The zero-order chi connectivity index (χ0) is 8.81. The molecule has 0 nitrogen and oxygen atoms in total. The second-order valence-corrected chi connectivity index (χ2v) is 4.61. The lowest BCUT2D eigenvalue weighted by Crippen LogP contribution is -2.04. The second-order valence-electron chi connectivity index (χ2n) is 4.61. The van der Waals surface area contributed by atoms with Gasteiger partial charge >= 0.3 is 0 Å². The molecule has 0 saturated heterocycles. The summed E-state index contributed by atoms with van der Waals surface area (Å²) in [6.45, 7) is 4.79.